The highest BCUT2D eigenvalue weighted by atomic mass is 79.9. The second kappa shape index (κ2) is 5.47. The molecule has 1 aromatic rings. The number of carbonyl (C=O) groups is 1. The fourth-order valence-electron chi connectivity index (χ4n) is 1.34. The van der Waals surface area contributed by atoms with E-state index in [9.17, 15) is 28.1 Å². The van der Waals surface area contributed by atoms with Crippen molar-refractivity contribution in [2.45, 2.75) is 12.6 Å². The number of benzene rings is 1. The SMILES string of the molecule is O=C(CBr)Cc1cc(C(F)(F)F)ccc1[N+](=O)[O-]. The summed E-state index contributed by atoms with van der Waals surface area (Å²) >= 11 is 2.85. The first kappa shape index (κ1) is 14.6. The van der Waals surface area contributed by atoms with Crippen molar-refractivity contribution in [3.8, 4) is 0 Å². The molecule has 0 amide bonds. The predicted octanol–water partition coefficient (Wildman–Crippen LogP) is 3.12. The zero-order valence-electron chi connectivity index (χ0n) is 8.83. The summed E-state index contributed by atoms with van der Waals surface area (Å²) in [6.45, 7) is 0. The fourth-order valence-corrected chi connectivity index (χ4v) is 1.54. The van der Waals surface area contributed by atoms with Crippen LogP contribution in [0.5, 0.6) is 0 Å². The van der Waals surface area contributed by atoms with E-state index >= 15 is 0 Å². The lowest BCUT2D eigenvalue weighted by molar-refractivity contribution is -0.385. The molecule has 0 saturated heterocycles. The number of nitro benzene ring substituents is 1. The monoisotopic (exact) mass is 325 g/mol. The zero-order valence-corrected chi connectivity index (χ0v) is 10.4. The van der Waals surface area contributed by atoms with Gasteiger partial charge in [0.2, 0.25) is 0 Å². The first-order valence-electron chi connectivity index (χ1n) is 4.68. The van der Waals surface area contributed by atoms with Crippen LogP contribution in [0, 0.1) is 10.1 Å². The molecule has 0 aliphatic rings. The number of nitrogens with zero attached hydrogens (tertiary/aromatic N) is 1. The van der Waals surface area contributed by atoms with Gasteiger partial charge >= 0.3 is 6.18 Å². The minimum Gasteiger partial charge on any atom is -0.298 e. The van der Waals surface area contributed by atoms with Gasteiger partial charge in [0, 0.05) is 18.1 Å². The lowest BCUT2D eigenvalue weighted by atomic mass is 10.0. The maximum atomic E-state index is 12.5. The van der Waals surface area contributed by atoms with Gasteiger partial charge in [0.1, 0.15) is 5.78 Å². The second-order valence-electron chi connectivity index (χ2n) is 3.45. The topological polar surface area (TPSA) is 60.2 Å². The van der Waals surface area contributed by atoms with E-state index in [0.717, 1.165) is 6.07 Å². The van der Waals surface area contributed by atoms with E-state index in [1.54, 1.807) is 0 Å². The van der Waals surface area contributed by atoms with Gasteiger partial charge in [0.05, 0.1) is 15.8 Å². The van der Waals surface area contributed by atoms with E-state index in [-0.39, 0.29) is 10.9 Å². The van der Waals surface area contributed by atoms with Crippen molar-refractivity contribution in [1.82, 2.24) is 0 Å². The number of carbonyl (C=O) groups excluding carboxylic acids is 1. The molecule has 0 aromatic heterocycles. The highest BCUT2D eigenvalue weighted by molar-refractivity contribution is 9.09. The van der Waals surface area contributed by atoms with E-state index in [1.165, 1.54) is 0 Å². The van der Waals surface area contributed by atoms with Crippen LogP contribution < -0.4 is 0 Å². The summed E-state index contributed by atoms with van der Waals surface area (Å²) in [5.74, 6) is -0.433. The Hall–Kier alpha value is -1.44. The molecule has 0 radical (unpaired) electrons. The number of nitro groups is 1. The highest BCUT2D eigenvalue weighted by Crippen LogP contribution is 2.32. The summed E-state index contributed by atoms with van der Waals surface area (Å²) < 4.78 is 37.4. The Morgan fingerprint density at radius 2 is 2.00 bits per heavy atom. The van der Waals surface area contributed by atoms with Crippen LogP contribution in [0.1, 0.15) is 11.1 Å². The first-order valence-corrected chi connectivity index (χ1v) is 5.80. The molecule has 8 heteroatoms. The molecule has 18 heavy (non-hydrogen) atoms. The molecule has 0 saturated carbocycles. The van der Waals surface area contributed by atoms with Crippen LogP contribution in [0.2, 0.25) is 0 Å². The van der Waals surface area contributed by atoms with Gasteiger partial charge in [-0.05, 0) is 12.1 Å². The summed E-state index contributed by atoms with van der Waals surface area (Å²) in [6.07, 6.45) is -5.01. The summed E-state index contributed by atoms with van der Waals surface area (Å²) in [5.41, 5.74) is -1.73. The molecular formula is C10H7BrF3NO3. The fraction of sp³-hybridized carbons (Fsp3) is 0.300. The zero-order chi connectivity index (χ0) is 13.9. The number of alkyl halides is 4. The number of halogens is 4. The van der Waals surface area contributed by atoms with E-state index in [0.29, 0.717) is 12.1 Å². The molecule has 0 fully saturated rings. The van der Waals surface area contributed by atoms with E-state index in [2.05, 4.69) is 15.9 Å². The van der Waals surface area contributed by atoms with Crippen LogP contribution in [-0.4, -0.2) is 16.0 Å². The smallest absolute Gasteiger partial charge is 0.298 e. The van der Waals surface area contributed by atoms with Crippen molar-refractivity contribution < 1.29 is 22.9 Å². The van der Waals surface area contributed by atoms with E-state index in [1.807, 2.05) is 0 Å². The Labute approximate surface area is 108 Å². The number of hydrogen-bond acceptors (Lipinski definition) is 3. The van der Waals surface area contributed by atoms with Gasteiger partial charge in [0.15, 0.2) is 0 Å². The van der Waals surface area contributed by atoms with Gasteiger partial charge in [-0.15, -0.1) is 0 Å². The molecule has 0 unspecified atom stereocenters. The molecule has 0 aliphatic heterocycles. The standard InChI is InChI=1S/C10H7BrF3NO3/c11-5-8(16)4-6-3-7(10(12,13)14)1-2-9(6)15(17)18/h1-3H,4-5H2. The predicted molar refractivity (Wildman–Crippen MR) is 60.6 cm³/mol. The maximum Gasteiger partial charge on any atom is 0.416 e. The average Bonchev–Trinajstić information content (AvgIpc) is 2.27. The van der Waals surface area contributed by atoms with Crippen molar-refractivity contribution in [1.29, 1.82) is 0 Å². The lowest BCUT2D eigenvalue weighted by Crippen LogP contribution is -2.10. The van der Waals surface area contributed by atoms with Gasteiger partial charge in [-0.2, -0.15) is 13.2 Å². The van der Waals surface area contributed by atoms with Crippen molar-refractivity contribution in [2.75, 3.05) is 5.33 Å². The maximum absolute atomic E-state index is 12.5. The van der Waals surface area contributed by atoms with Crippen LogP contribution in [-0.2, 0) is 17.4 Å². The van der Waals surface area contributed by atoms with E-state index < -0.39 is 34.6 Å². The Bertz CT molecular complexity index is 488. The third-order valence-electron chi connectivity index (χ3n) is 2.14. The summed E-state index contributed by atoms with van der Waals surface area (Å²) in [6, 6.07) is 2.03. The molecule has 98 valence electrons. The Kier molecular flexibility index (Phi) is 4.44. The number of hydrogen-bond donors (Lipinski definition) is 0. The summed E-state index contributed by atoms with van der Waals surface area (Å²) in [7, 11) is 0. The molecule has 4 nitrogen and oxygen atoms in total. The van der Waals surface area contributed by atoms with Crippen LogP contribution in [0.25, 0.3) is 0 Å². The minimum absolute atomic E-state index is 0.0690. The molecule has 0 aliphatic carbocycles. The van der Waals surface area contributed by atoms with Crippen LogP contribution in [0.4, 0.5) is 18.9 Å². The normalized spacial score (nSPS) is 11.3. The van der Waals surface area contributed by atoms with Crippen LogP contribution in [0.3, 0.4) is 0 Å². The number of ketones is 1. The molecule has 0 bridgehead atoms. The highest BCUT2D eigenvalue weighted by Gasteiger charge is 2.32. The van der Waals surface area contributed by atoms with E-state index in [4.69, 9.17) is 0 Å². The third-order valence-corrected chi connectivity index (χ3v) is 2.77. The summed E-state index contributed by atoms with van der Waals surface area (Å²) in [4.78, 5) is 21.0. The number of Topliss-reactive ketones (excluding diaryl/α,β-unsaturated/α-hetero) is 1. The molecule has 1 rings (SSSR count). The quantitative estimate of drug-likeness (QED) is 0.485. The van der Waals surface area contributed by atoms with Gasteiger partial charge < -0.3 is 0 Å². The average molecular weight is 326 g/mol. The van der Waals surface area contributed by atoms with Gasteiger partial charge in [-0.25, -0.2) is 0 Å². The lowest BCUT2D eigenvalue weighted by Gasteiger charge is -2.08. The van der Waals surface area contributed by atoms with Gasteiger partial charge in [0.25, 0.3) is 5.69 Å². The van der Waals surface area contributed by atoms with Crippen molar-refractivity contribution in [3.05, 3.63) is 39.4 Å². The molecule has 0 N–H and O–H groups in total. The van der Waals surface area contributed by atoms with Crippen molar-refractivity contribution in [3.63, 3.8) is 0 Å². The molecule has 0 atom stereocenters. The Balaban J connectivity index is 3.24. The van der Waals surface area contributed by atoms with Crippen molar-refractivity contribution >= 4 is 27.4 Å². The van der Waals surface area contributed by atoms with Gasteiger partial charge in [-0.3, -0.25) is 14.9 Å². The summed E-state index contributed by atoms with van der Waals surface area (Å²) in [5, 5.41) is 10.6. The van der Waals surface area contributed by atoms with Crippen molar-refractivity contribution in [2.24, 2.45) is 0 Å². The second-order valence-corrected chi connectivity index (χ2v) is 4.01. The molecule has 1 aromatic carbocycles. The van der Waals surface area contributed by atoms with Gasteiger partial charge in [-0.1, -0.05) is 15.9 Å². The Morgan fingerprint density at radius 3 is 2.44 bits per heavy atom. The Morgan fingerprint density at radius 1 is 1.39 bits per heavy atom. The molecule has 0 heterocycles. The number of rotatable bonds is 4. The minimum atomic E-state index is -4.60. The van der Waals surface area contributed by atoms with Crippen LogP contribution in [0.15, 0.2) is 18.2 Å². The largest absolute Gasteiger partial charge is 0.416 e. The molecule has 0 spiro atoms. The molecular weight excluding hydrogens is 319 g/mol. The first-order chi connectivity index (χ1) is 8.25. The third kappa shape index (κ3) is 3.52. The van der Waals surface area contributed by atoms with Crippen LogP contribution >= 0.6 is 15.9 Å².